The number of piperidine rings is 1. The summed E-state index contributed by atoms with van der Waals surface area (Å²) in [5, 5.41) is 1.87. The number of likely N-dealkylation sites (tertiary alicyclic amines) is 2. The number of aromatic nitrogens is 1. The van der Waals surface area contributed by atoms with Gasteiger partial charge in [0, 0.05) is 25.0 Å². The van der Waals surface area contributed by atoms with Crippen molar-refractivity contribution < 1.29 is 4.79 Å². The summed E-state index contributed by atoms with van der Waals surface area (Å²) >= 11 is 1.50. The van der Waals surface area contributed by atoms with Crippen molar-refractivity contribution in [3.05, 3.63) is 16.6 Å². The first kappa shape index (κ1) is 13.7. The highest BCUT2D eigenvalue weighted by atomic mass is 32.1. The van der Waals surface area contributed by atoms with Gasteiger partial charge in [-0.15, -0.1) is 11.3 Å². The molecule has 0 unspecified atom stereocenters. The maximum atomic E-state index is 12.4. The Morgan fingerprint density at radius 3 is 2.71 bits per heavy atom. The number of nitrogens with zero attached hydrogens (tertiary/aromatic N) is 3. The molecule has 1 aliphatic carbocycles. The fourth-order valence-corrected chi connectivity index (χ4v) is 4.40. The number of amides is 1. The van der Waals surface area contributed by atoms with Crippen molar-refractivity contribution in [2.75, 3.05) is 32.7 Å². The molecule has 1 spiro atoms. The average molecular weight is 305 g/mol. The molecule has 0 atom stereocenters. The first-order valence-corrected chi connectivity index (χ1v) is 9.08. The monoisotopic (exact) mass is 305 g/mol. The summed E-state index contributed by atoms with van der Waals surface area (Å²) in [6.45, 7) is 5.64. The molecule has 2 aliphatic heterocycles. The zero-order valence-electron chi connectivity index (χ0n) is 12.5. The van der Waals surface area contributed by atoms with E-state index in [9.17, 15) is 4.79 Å². The van der Waals surface area contributed by atoms with E-state index in [1.54, 1.807) is 5.51 Å². The summed E-state index contributed by atoms with van der Waals surface area (Å²) in [6.07, 6.45) is 6.59. The fraction of sp³-hybridized carbons (Fsp3) is 0.750. The third-order valence-corrected chi connectivity index (χ3v) is 6.09. The van der Waals surface area contributed by atoms with Crippen molar-refractivity contribution in [2.24, 2.45) is 11.3 Å². The predicted molar refractivity (Wildman–Crippen MR) is 83.5 cm³/mol. The van der Waals surface area contributed by atoms with E-state index in [1.807, 2.05) is 10.3 Å². The second kappa shape index (κ2) is 5.36. The van der Waals surface area contributed by atoms with Crippen LogP contribution in [0.15, 0.2) is 10.9 Å². The summed E-state index contributed by atoms with van der Waals surface area (Å²) in [5.74, 6) is 1.12. The van der Waals surface area contributed by atoms with Crippen LogP contribution >= 0.6 is 11.3 Å². The molecule has 4 rings (SSSR count). The van der Waals surface area contributed by atoms with E-state index in [0.29, 0.717) is 11.1 Å². The van der Waals surface area contributed by atoms with Crippen LogP contribution in [0.5, 0.6) is 0 Å². The molecular weight excluding hydrogens is 282 g/mol. The first-order chi connectivity index (χ1) is 10.2. The number of hydrogen-bond acceptors (Lipinski definition) is 4. The van der Waals surface area contributed by atoms with E-state index >= 15 is 0 Å². The lowest BCUT2D eigenvalue weighted by molar-refractivity contribution is 0.0712. The quantitative estimate of drug-likeness (QED) is 0.861. The topological polar surface area (TPSA) is 36.4 Å². The maximum Gasteiger partial charge on any atom is 0.273 e. The minimum Gasteiger partial charge on any atom is -0.337 e. The highest BCUT2D eigenvalue weighted by molar-refractivity contribution is 7.07. The fourth-order valence-electron chi connectivity index (χ4n) is 3.87. The van der Waals surface area contributed by atoms with E-state index in [0.717, 1.165) is 19.0 Å². The smallest absolute Gasteiger partial charge is 0.273 e. The van der Waals surface area contributed by atoms with E-state index in [1.165, 1.54) is 63.1 Å². The second-order valence-electron chi connectivity index (χ2n) is 7.09. The van der Waals surface area contributed by atoms with E-state index in [4.69, 9.17) is 0 Å². The molecule has 3 aliphatic rings. The minimum atomic E-state index is 0.133. The van der Waals surface area contributed by atoms with E-state index in [-0.39, 0.29) is 5.91 Å². The van der Waals surface area contributed by atoms with Crippen LogP contribution in [0.4, 0.5) is 0 Å². The Morgan fingerprint density at radius 1 is 1.29 bits per heavy atom. The lowest BCUT2D eigenvalue weighted by Gasteiger charge is -2.39. The Morgan fingerprint density at radius 2 is 2.05 bits per heavy atom. The van der Waals surface area contributed by atoms with Crippen molar-refractivity contribution in [3.8, 4) is 0 Å². The minimum absolute atomic E-state index is 0.133. The first-order valence-electron chi connectivity index (χ1n) is 8.14. The van der Waals surface area contributed by atoms with Crippen molar-refractivity contribution in [1.82, 2.24) is 14.8 Å². The summed E-state index contributed by atoms with van der Waals surface area (Å²) in [5.41, 5.74) is 2.77. The summed E-state index contributed by atoms with van der Waals surface area (Å²) in [6, 6.07) is 0. The molecule has 1 aromatic heterocycles. The molecule has 1 amide bonds. The zero-order chi connectivity index (χ0) is 14.3. The van der Waals surface area contributed by atoms with Gasteiger partial charge in [-0.05, 0) is 56.5 Å². The van der Waals surface area contributed by atoms with E-state index in [2.05, 4.69) is 9.88 Å². The number of thiazole rings is 1. The van der Waals surface area contributed by atoms with Crippen LogP contribution in [0.1, 0.15) is 42.6 Å². The molecule has 3 fully saturated rings. The zero-order valence-corrected chi connectivity index (χ0v) is 13.3. The second-order valence-corrected chi connectivity index (χ2v) is 7.81. The van der Waals surface area contributed by atoms with Crippen LogP contribution in [0.3, 0.4) is 0 Å². The van der Waals surface area contributed by atoms with Gasteiger partial charge in [-0.1, -0.05) is 0 Å². The van der Waals surface area contributed by atoms with Crippen LogP contribution in [0, 0.1) is 11.3 Å². The Labute approximate surface area is 130 Å². The van der Waals surface area contributed by atoms with Gasteiger partial charge in [0.15, 0.2) is 0 Å². The van der Waals surface area contributed by atoms with Crippen molar-refractivity contribution in [1.29, 1.82) is 0 Å². The van der Waals surface area contributed by atoms with Crippen molar-refractivity contribution in [2.45, 2.75) is 32.1 Å². The summed E-state index contributed by atoms with van der Waals surface area (Å²) in [7, 11) is 0. The standard InChI is InChI=1S/C16H23N3OS/c20-15(14-10-21-12-17-14)19-8-5-16(11-19)3-6-18(7-4-16)9-13-1-2-13/h10,12-13H,1-9,11H2. The molecule has 4 nitrogen and oxygen atoms in total. The largest absolute Gasteiger partial charge is 0.337 e. The van der Waals surface area contributed by atoms with Crippen LogP contribution in [-0.2, 0) is 0 Å². The van der Waals surface area contributed by atoms with Crippen LogP contribution in [0.2, 0.25) is 0 Å². The predicted octanol–water partition coefficient (Wildman–Crippen LogP) is 2.48. The Hall–Kier alpha value is -0.940. The molecule has 1 saturated carbocycles. The van der Waals surface area contributed by atoms with Gasteiger partial charge >= 0.3 is 0 Å². The normalized spacial score (nSPS) is 25.6. The third-order valence-electron chi connectivity index (χ3n) is 5.51. The molecule has 114 valence electrons. The molecule has 3 heterocycles. The number of carbonyl (C=O) groups is 1. The molecule has 0 radical (unpaired) electrons. The number of carbonyl (C=O) groups excluding carboxylic acids is 1. The Kier molecular flexibility index (Phi) is 3.50. The number of hydrogen-bond donors (Lipinski definition) is 0. The van der Waals surface area contributed by atoms with Gasteiger partial charge in [0.05, 0.1) is 5.51 Å². The summed E-state index contributed by atoms with van der Waals surface area (Å²) in [4.78, 5) is 21.3. The molecule has 1 aromatic rings. The van der Waals surface area contributed by atoms with Gasteiger partial charge in [0.25, 0.3) is 5.91 Å². The van der Waals surface area contributed by atoms with E-state index < -0.39 is 0 Å². The molecular formula is C16H23N3OS. The van der Waals surface area contributed by atoms with Crippen molar-refractivity contribution in [3.63, 3.8) is 0 Å². The summed E-state index contributed by atoms with van der Waals surface area (Å²) < 4.78 is 0. The van der Waals surface area contributed by atoms with Crippen LogP contribution < -0.4 is 0 Å². The van der Waals surface area contributed by atoms with Gasteiger partial charge < -0.3 is 9.80 Å². The van der Waals surface area contributed by atoms with Gasteiger partial charge in [-0.25, -0.2) is 4.98 Å². The Balaban J connectivity index is 1.34. The molecule has 21 heavy (non-hydrogen) atoms. The number of rotatable bonds is 3. The lowest BCUT2D eigenvalue weighted by atomic mass is 9.77. The molecule has 0 aromatic carbocycles. The Bertz CT molecular complexity index is 504. The van der Waals surface area contributed by atoms with Crippen molar-refractivity contribution >= 4 is 17.2 Å². The van der Waals surface area contributed by atoms with Gasteiger partial charge in [-0.2, -0.15) is 0 Å². The average Bonchev–Trinajstić information content (AvgIpc) is 3.02. The van der Waals surface area contributed by atoms with Crippen LogP contribution in [0.25, 0.3) is 0 Å². The lowest BCUT2D eigenvalue weighted by Crippen LogP contribution is -2.42. The highest BCUT2D eigenvalue weighted by Crippen LogP contribution is 2.41. The molecule has 0 N–H and O–H groups in total. The maximum absolute atomic E-state index is 12.4. The van der Waals surface area contributed by atoms with Gasteiger partial charge in [0.2, 0.25) is 0 Å². The third kappa shape index (κ3) is 2.86. The van der Waals surface area contributed by atoms with Crippen LogP contribution in [-0.4, -0.2) is 53.4 Å². The highest BCUT2D eigenvalue weighted by Gasteiger charge is 2.42. The molecule has 0 bridgehead atoms. The molecule has 2 saturated heterocycles. The van der Waals surface area contributed by atoms with Gasteiger partial charge in [-0.3, -0.25) is 4.79 Å². The molecule has 5 heteroatoms. The van der Waals surface area contributed by atoms with Gasteiger partial charge in [0.1, 0.15) is 5.69 Å². The SMILES string of the molecule is O=C(c1cscn1)N1CCC2(CCN(CC3CC3)CC2)C1.